The second kappa shape index (κ2) is 5.72. The molecular weight excluding hydrogens is 226 g/mol. The summed E-state index contributed by atoms with van der Waals surface area (Å²) >= 11 is 0. The van der Waals surface area contributed by atoms with Gasteiger partial charge in [-0.3, -0.25) is 4.90 Å². The van der Waals surface area contributed by atoms with Crippen molar-refractivity contribution in [1.29, 1.82) is 0 Å². The second-order valence-corrected chi connectivity index (χ2v) is 5.82. The highest BCUT2D eigenvalue weighted by Crippen LogP contribution is 2.36. The zero-order valence-corrected chi connectivity index (χ0v) is 11.2. The van der Waals surface area contributed by atoms with Crippen molar-refractivity contribution in [1.82, 2.24) is 4.90 Å². The Kier molecular flexibility index (Phi) is 4.02. The Hall–Kier alpha value is -0.380. The van der Waals surface area contributed by atoms with Gasteiger partial charge in [0.1, 0.15) is 0 Å². The van der Waals surface area contributed by atoms with Crippen molar-refractivity contribution in [3.63, 3.8) is 0 Å². The zero-order chi connectivity index (χ0) is 12.4. The highest BCUT2D eigenvalue weighted by atomic mass is 16.5. The molecular formula is C15H25NO2. The molecule has 102 valence electrons. The Morgan fingerprint density at radius 2 is 2.06 bits per heavy atom. The first kappa shape index (κ1) is 12.6. The van der Waals surface area contributed by atoms with Gasteiger partial charge in [0.05, 0.1) is 25.4 Å². The number of rotatable bonds is 4. The van der Waals surface area contributed by atoms with Crippen LogP contribution in [0.1, 0.15) is 38.5 Å². The molecule has 0 aromatic carbocycles. The van der Waals surface area contributed by atoms with E-state index in [1.54, 1.807) is 0 Å². The predicted molar refractivity (Wildman–Crippen MR) is 71.7 cm³/mol. The van der Waals surface area contributed by atoms with Crippen LogP contribution in [0.3, 0.4) is 0 Å². The molecule has 0 aromatic rings. The Morgan fingerprint density at radius 1 is 1.22 bits per heavy atom. The number of fused-ring (bicyclic) bond motifs is 2. The minimum atomic E-state index is 0.270. The molecule has 0 spiro atoms. The van der Waals surface area contributed by atoms with Gasteiger partial charge in [0.15, 0.2) is 0 Å². The monoisotopic (exact) mass is 251 g/mol. The number of hydrogen-bond donors (Lipinski definition) is 0. The molecule has 3 fully saturated rings. The van der Waals surface area contributed by atoms with Crippen LogP contribution in [0, 0.1) is 0 Å². The van der Waals surface area contributed by atoms with Crippen LogP contribution in [0.4, 0.5) is 0 Å². The van der Waals surface area contributed by atoms with E-state index in [1.807, 2.05) is 6.08 Å². The van der Waals surface area contributed by atoms with E-state index >= 15 is 0 Å². The van der Waals surface area contributed by atoms with Crippen molar-refractivity contribution in [2.24, 2.45) is 0 Å². The van der Waals surface area contributed by atoms with Gasteiger partial charge < -0.3 is 9.47 Å². The highest BCUT2D eigenvalue weighted by molar-refractivity contribution is 4.98. The number of hydrogen-bond acceptors (Lipinski definition) is 3. The lowest BCUT2D eigenvalue weighted by Crippen LogP contribution is -2.47. The summed E-state index contributed by atoms with van der Waals surface area (Å²) in [5.41, 5.74) is 0. The first-order valence-corrected chi connectivity index (χ1v) is 7.50. The van der Waals surface area contributed by atoms with Crippen LogP contribution in [-0.2, 0) is 9.47 Å². The maximum Gasteiger partial charge on any atom is 0.0995 e. The summed E-state index contributed by atoms with van der Waals surface area (Å²) in [6, 6.07) is 1.37. The zero-order valence-electron chi connectivity index (χ0n) is 11.2. The molecule has 3 nitrogen and oxygen atoms in total. The van der Waals surface area contributed by atoms with Crippen LogP contribution >= 0.6 is 0 Å². The molecule has 2 aliphatic carbocycles. The lowest BCUT2D eigenvalue weighted by molar-refractivity contribution is -0.0461. The van der Waals surface area contributed by atoms with E-state index < -0.39 is 0 Å². The Morgan fingerprint density at radius 3 is 2.83 bits per heavy atom. The van der Waals surface area contributed by atoms with Gasteiger partial charge in [0.2, 0.25) is 0 Å². The molecule has 3 atom stereocenters. The van der Waals surface area contributed by atoms with Crippen molar-refractivity contribution in [3.8, 4) is 0 Å². The topological polar surface area (TPSA) is 21.7 Å². The minimum absolute atomic E-state index is 0.270. The van der Waals surface area contributed by atoms with Crippen LogP contribution < -0.4 is 0 Å². The molecule has 0 N–H and O–H groups in total. The smallest absolute Gasteiger partial charge is 0.0995 e. The molecule has 2 bridgehead atoms. The lowest BCUT2D eigenvalue weighted by Gasteiger charge is -2.35. The van der Waals surface area contributed by atoms with E-state index in [4.69, 9.17) is 9.47 Å². The quantitative estimate of drug-likeness (QED) is 0.716. The average molecular weight is 251 g/mol. The highest BCUT2D eigenvalue weighted by Gasteiger charge is 2.45. The van der Waals surface area contributed by atoms with E-state index in [1.165, 1.54) is 32.1 Å². The van der Waals surface area contributed by atoms with E-state index in [0.717, 1.165) is 25.6 Å². The third kappa shape index (κ3) is 2.36. The standard InChI is InChI=1S/C15H25NO2/c1-2-10-18-15-13-7-8-14(15)17-11-9-16(13)12-5-3-4-6-12/h2,12-15H,1,3-11H2/t13-,14-,15-/m1/s1. The van der Waals surface area contributed by atoms with Crippen LogP contribution in [0.5, 0.6) is 0 Å². The summed E-state index contributed by atoms with van der Waals surface area (Å²) in [5, 5.41) is 0. The first-order chi connectivity index (χ1) is 8.90. The van der Waals surface area contributed by atoms with E-state index in [0.29, 0.717) is 18.8 Å². The minimum Gasteiger partial charge on any atom is -0.374 e. The molecule has 2 saturated carbocycles. The van der Waals surface area contributed by atoms with E-state index in [-0.39, 0.29) is 6.10 Å². The van der Waals surface area contributed by atoms with Crippen molar-refractivity contribution < 1.29 is 9.47 Å². The van der Waals surface area contributed by atoms with Gasteiger partial charge in [-0.25, -0.2) is 0 Å². The Bertz CT molecular complexity index is 288. The molecule has 18 heavy (non-hydrogen) atoms. The summed E-state index contributed by atoms with van der Waals surface area (Å²) in [6.45, 7) is 6.39. The maximum atomic E-state index is 6.00. The third-order valence-electron chi connectivity index (χ3n) is 4.80. The molecule has 0 amide bonds. The van der Waals surface area contributed by atoms with Crippen molar-refractivity contribution >= 4 is 0 Å². The first-order valence-electron chi connectivity index (χ1n) is 7.50. The summed E-state index contributed by atoms with van der Waals surface area (Å²) < 4.78 is 12.0. The van der Waals surface area contributed by atoms with Gasteiger partial charge in [-0.2, -0.15) is 0 Å². The normalized spacial score (nSPS) is 37.9. The average Bonchev–Trinajstić information content (AvgIpc) is 2.96. The molecule has 0 aromatic heterocycles. The fourth-order valence-electron chi connectivity index (χ4n) is 4.01. The molecule has 0 unspecified atom stereocenters. The van der Waals surface area contributed by atoms with Gasteiger partial charge >= 0.3 is 0 Å². The van der Waals surface area contributed by atoms with Crippen molar-refractivity contribution in [3.05, 3.63) is 12.7 Å². The van der Waals surface area contributed by atoms with Gasteiger partial charge in [-0.1, -0.05) is 18.9 Å². The van der Waals surface area contributed by atoms with Gasteiger partial charge in [-0.15, -0.1) is 6.58 Å². The van der Waals surface area contributed by atoms with Gasteiger partial charge in [0, 0.05) is 18.6 Å². The van der Waals surface area contributed by atoms with Gasteiger partial charge in [-0.05, 0) is 25.7 Å². The summed E-state index contributed by atoms with van der Waals surface area (Å²) in [6.07, 6.45) is 10.4. The summed E-state index contributed by atoms with van der Waals surface area (Å²) in [7, 11) is 0. The second-order valence-electron chi connectivity index (χ2n) is 5.82. The van der Waals surface area contributed by atoms with E-state index in [2.05, 4.69) is 11.5 Å². The van der Waals surface area contributed by atoms with Gasteiger partial charge in [0.25, 0.3) is 0 Å². The van der Waals surface area contributed by atoms with E-state index in [9.17, 15) is 0 Å². The molecule has 0 radical (unpaired) electrons. The summed E-state index contributed by atoms with van der Waals surface area (Å²) in [4.78, 5) is 2.70. The van der Waals surface area contributed by atoms with Crippen LogP contribution in [-0.4, -0.2) is 49.0 Å². The fraction of sp³-hybridized carbons (Fsp3) is 0.867. The molecule has 3 heteroatoms. The lowest BCUT2D eigenvalue weighted by atomic mass is 10.1. The predicted octanol–water partition coefficient (Wildman–Crippen LogP) is 2.36. The van der Waals surface area contributed by atoms with Crippen LogP contribution in [0.15, 0.2) is 12.7 Å². The molecule has 1 saturated heterocycles. The molecule has 3 aliphatic rings. The number of nitrogens with zero attached hydrogens (tertiary/aromatic N) is 1. The maximum absolute atomic E-state index is 6.00. The Labute approximate surface area is 110 Å². The molecule has 3 rings (SSSR count). The summed E-state index contributed by atoms with van der Waals surface area (Å²) in [5.74, 6) is 0. The molecule has 1 heterocycles. The van der Waals surface area contributed by atoms with Crippen molar-refractivity contribution in [2.75, 3.05) is 19.8 Å². The van der Waals surface area contributed by atoms with Crippen LogP contribution in [0.25, 0.3) is 0 Å². The number of ether oxygens (including phenoxy) is 2. The van der Waals surface area contributed by atoms with Crippen molar-refractivity contribution in [2.45, 2.75) is 62.8 Å². The fourth-order valence-corrected chi connectivity index (χ4v) is 4.01. The molecule has 1 aliphatic heterocycles. The third-order valence-corrected chi connectivity index (χ3v) is 4.80. The van der Waals surface area contributed by atoms with Crippen LogP contribution in [0.2, 0.25) is 0 Å². The largest absolute Gasteiger partial charge is 0.374 e. The SMILES string of the molecule is C=CCO[C@@H]1[C@H]2CC[C@H]1OCCN2C1CCCC1. The Balaban J connectivity index is 1.72.